The van der Waals surface area contributed by atoms with Gasteiger partial charge in [-0.1, -0.05) is 0 Å². The van der Waals surface area contributed by atoms with Gasteiger partial charge >= 0.3 is 0 Å². The van der Waals surface area contributed by atoms with E-state index in [0.29, 0.717) is 11.4 Å². The fourth-order valence-corrected chi connectivity index (χ4v) is 1.46. The van der Waals surface area contributed by atoms with Gasteiger partial charge < -0.3 is 5.32 Å². The number of nitrogens with zero attached hydrogens (tertiary/aromatic N) is 5. The molecule has 6 nitrogen and oxygen atoms in total. The van der Waals surface area contributed by atoms with E-state index in [0.717, 1.165) is 5.03 Å². The molecule has 1 heterocycles. The Morgan fingerprint density at radius 1 is 1.64 bits per heavy atom. The molecule has 0 saturated carbocycles. The van der Waals surface area contributed by atoms with Crippen LogP contribution in [0.15, 0.2) is 5.03 Å². The normalized spacial score (nSPS) is 11.9. The first kappa shape index (κ1) is 10.5. The molecule has 0 saturated heterocycles. The zero-order valence-electron chi connectivity index (χ0n) is 8.14. The number of aryl methyl sites for hydroxylation is 1. The molecular weight excluding hydrogens is 200 g/mol. The van der Waals surface area contributed by atoms with E-state index in [9.17, 15) is 0 Å². The Balaban J connectivity index is 3.16. The van der Waals surface area contributed by atoms with Gasteiger partial charge in [-0.15, -0.1) is 22.0 Å². The van der Waals surface area contributed by atoms with Gasteiger partial charge in [0.1, 0.15) is 11.6 Å². The van der Waals surface area contributed by atoms with Crippen LogP contribution >= 0.6 is 11.8 Å². The average Bonchev–Trinajstić information content (AvgIpc) is 2.60. The number of aromatic nitrogens is 4. The second-order valence-electron chi connectivity index (χ2n) is 2.37. The lowest BCUT2D eigenvalue weighted by molar-refractivity contribution is 0.629. The van der Waals surface area contributed by atoms with E-state index in [1.54, 1.807) is 14.1 Å². The standard InChI is InChI=1S/C7H10N6S/c1-9-7(14-3)5(4-8)6-10-12-13(2)11-6/h9H,1-3H3/b7-5-. The van der Waals surface area contributed by atoms with Crippen molar-refractivity contribution in [2.75, 3.05) is 13.3 Å². The predicted octanol–water partition coefficient (Wildman–Crippen LogP) is -0.0153. The molecule has 0 radical (unpaired) electrons. The maximum atomic E-state index is 8.94. The minimum absolute atomic E-state index is 0.341. The molecule has 0 unspecified atom stereocenters. The third kappa shape index (κ3) is 2.03. The van der Waals surface area contributed by atoms with Crippen LogP contribution in [0.3, 0.4) is 0 Å². The van der Waals surface area contributed by atoms with Gasteiger partial charge in [0.25, 0.3) is 0 Å². The molecular formula is C7H10N6S. The van der Waals surface area contributed by atoms with E-state index >= 15 is 0 Å². The zero-order valence-corrected chi connectivity index (χ0v) is 8.96. The molecule has 0 fully saturated rings. The number of hydrogen-bond acceptors (Lipinski definition) is 6. The average molecular weight is 210 g/mol. The minimum Gasteiger partial charge on any atom is -0.382 e. The number of nitrogens with one attached hydrogen (secondary N) is 1. The first-order valence-corrected chi connectivity index (χ1v) is 5.06. The second-order valence-corrected chi connectivity index (χ2v) is 3.19. The molecule has 0 atom stereocenters. The van der Waals surface area contributed by atoms with Crippen LogP contribution in [0.4, 0.5) is 0 Å². The molecule has 1 aromatic heterocycles. The van der Waals surface area contributed by atoms with Crippen molar-refractivity contribution in [3.8, 4) is 6.07 Å². The van der Waals surface area contributed by atoms with Crippen molar-refractivity contribution in [1.29, 1.82) is 5.26 Å². The summed E-state index contributed by atoms with van der Waals surface area (Å²) < 4.78 is 0. The number of hydrogen-bond donors (Lipinski definition) is 1. The summed E-state index contributed by atoms with van der Waals surface area (Å²) in [4.78, 5) is 1.32. The van der Waals surface area contributed by atoms with Gasteiger partial charge in [0.05, 0.1) is 12.1 Å². The van der Waals surface area contributed by atoms with Crippen molar-refractivity contribution in [3.05, 3.63) is 10.9 Å². The molecule has 1 rings (SSSR count). The highest BCUT2D eigenvalue weighted by atomic mass is 32.2. The van der Waals surface area contributed by atoms with Crippen LogP contribution in [0.1, 0.15) is 5.82 Å². The predicted molar refractivity (Wildman–Crippen MR) is 53.9 cm³/mol. The number of nitriles is 1. The van der Waals surface area contributed by atoms with Crippen molar-refractivity contribution in [3.63, 3.8) is 0 Å². The van der Waals surface area contributed by atoms with Crippen molar-refractivity contribution in [2.45, 2.75) is 0 Å². The monoisotopic (exact) mass is 210 g/mol. The summed E-state index contributed by atoms with van der Waals surface area (Å²) in [6.45, 7) is 0. The molecule has 0 aliphatic carbocycles. The molecule has 0 aromatic carbocycles. The van der Waals surface area contributed by atoms with Crippen molar-refractivity contribution >= 4 is 17.3 Å². The van der Waals surface area contributed by atoms with Crippen molar-refractivity contribution in [2.24, 2.45) is 7.05 Å². The molecule has 0 aliphatic heterocycles. The summed E-state index contributed by atoms with van der Waals surface area (Å²) in [5.74, 6) is 0.341. The third-order valence-corrected chi connectivity index (χ3v) is 2.32. The van der Waals surface area contributed by atoms with Crippen molar-refractivity contribution < 1.29 is 0 Å². The van der Waals surface area contributed by atoms with E-state index in [4.69, 9.17) is 5.26 Å². The van der Waals surface area contributed by atoms with Gasteiger partial charge in [0.15, 0.2) is 0 Å². The van der Waals surface area contributed by atoms with E-state index in [-0.39, 0.29) is 0 Å². The van der Waals surface area contributed by atoms with Gasteiger partial charge in [0.2, 0.25) is 5.82 Å². The van der Waals surface area contributed by atoms with Gasteiger partial charge in [-0.3, -0.25) is 0 Å². The highest BCUT2D eigenvalue weighted by Crippen LogP contribution is 2.18. The minimum atomic E-state index is 0.341. The lowest BCUT2D eigenvalue weighted by Gasteiger charge is -2.02. The van der Waals surface area contributed by atoms with E-state index < -0.39 is 0 Å². The number of thioether (sulfide) groups is 1. The molecule has 1 N–H and O–H groups in total. The van der Waals surface area contributed by atoms with Crippen LogP contribution in [-0.2, 0) is 7.05 Å². The SMILES string of the molecule is CN/C(SC)=C(\C#N)c1nnn(C)n1. The Bertz CT molecular complexity index is 381. The fourth-order valence-electron chi connectivity index (χ4n) is 0.916. The topological polar surface area (TPSA) is 79.4 Å². The number of rotatable bonds is 3. The number of tetrazole rings is 1. The van der Waals surface area contributed by atoms with Gasteiger partial charge in [-0.25, -0.2) is 0 Å². The summed E-state index contributed by atoms with van der Waals surface area (Å²) >= 11 is 1.44. The van der Waals surface area contributed by atoms with E-state index in [1.165, 1.54) is 16.6 Å². The van der Waals surface area contributed by atoms with Crippen LogP contribution in [0, 0.1) is 11.3 Å². The van der Waals surface area contributed by atoms with Crippen LogP contribution < -0.4 is 5.32 Å². The van der Waals surface area contributed by atoms with Gasteiger partial charge in [-0.05, 0) is 11.5 Å². The largest absolute Gasteiger partial charge is 0.382 e. The lowest BCUT2D eigenvalue weighted by Crippen LogP contribution is -2.05. The molecule has 1 aromatic rings. The first-order chi connectivity index (χ1) is 6.72. The molecule has 0 spiro atoms. The molecule has 74 valence electrons. The quantitative estimate of drug-likeness (QED) is 0.706. The van der Waals surface area contributed by atoms with Crippen molar-refractivity contribution in [1.82, 2.24) is 25.5 Å². The second kappa shape index (κ2) is 4.62. The summed E-state index contributed by atoms with van der Waals surface area (Å²) in [6, 6.07) is 2.05. The molecule has 14 heavy (non-hydrogen) atoms. The maximum Gasteiger partial charge on any atom is 0.218 e. The van der Waals surface area contributed by atoms with Gasteiger partial charge in [0, 0.05) is 7.05 Å². The highest BCUT2D eigenvalue weighted by Gasteiger charge is 2.12. The van der Waals surface area contributed by atoms with Gasteiger partial charge in [-0.2, -0.15) is 10.1 Å². The Morgan fingerprint density at radius 3 is 2.71 bits per heavy atom. The molecule has 0 amide bonds. The Labute approximate surface area is 86.0 Å². The zero-order chi connectivity index (χ0) is 10.6. The Morgan fingerprint density at radius 2 is 2.36 bits per heavy atom. The first-order valence-electron chi connectivity index (χ1n) is 3.83. The van der Waals surface area contributed by atoms with Crippen LogP contribution in [0.25, 0.3) is 5.57 Å². The van der Waals surface area contributed by atoms with Crippen LogP contribution in [-0.4, -0.2) is 33.5 Å². The van der Waals surface area contributed by atoms with E-state index in [2.05, 4.69) is 26.8 Å². The summed E-state index contributed by atoms with van der Waals surface area (Å²) in [6.07, 6.45) is 1.87. The Hall–Kier alpha value is -1.55. The smallest absolute Gasteiger partial charge is 0.218 e. The lowest BCUT2D eigenvalue weighted by atomic mass is 10.3. The summed E-state index contributed by atoms with van der Waals surface area (Å²) in [5, 5.41) is 24.0. The fraction of sp³-hybridized carbons (Fsp3) is 0.429. The van der Waals surface area contributed by atoms with E-state index in [1.807, 2.05) is 6.26 Å². The Kier molecular flexibility index (Phi) is 3.48. The summed E-state index contributed by atoms with van der Waals surface area (Å²) in [7, 11) is 3.41. The molecule has 7 heteroatoms. The highest BCUT2D eigenvalue weighted by molar-refractivity contribution is 8.02. The molecule has 0 bridgehead atoms. The maximum absolute atomic E-state index is 8.94. The number of allylic oxidation sites excluding steroid dienone is 1. The van der Waals surface area contributed by atoms with Crippen LogP contribution in [0.2, 0.25) is 0 Å². The van der Waals surface area contributed by atoms with Crippen LogP contribution in [0.5, 0.6) is 0 Å². The molecule has 0 aliphatic rings. The summed E-state index contributed by atoms with van der Waals surface area (Å²) in [5.41, 5.74) is 0.410. The third-order valence-electron chi connectivity index (χ3n) is 1.50.